The number of carbonyl (C=O) groups excluding carboxylic acids is 2. The van der Waals surface area contributed by atoms with E-state index < -0.39 is 27.4 Å². The second kappa shape index (κ2) is 6.17. The monoisotopic (exact) mass is 315 g/mol. The third kappa shape index (κ3) is 5.10. The van der Waals surface area contributed by atoms with E-state index in [1.165, 1.54) is 25.5 Å². The van der Waals surface area contributed by atoms with Crippen LogP contribution in [0.2, 0.25) is 0 Å². The fourth-order valence-corrected chi connectivity index (χ4v) is 2.13. The topological polar surface area (TPSA) is 108 Å². The van der Waals surface area contributed by atoms with Crippen molar-refractivity contribution in [1.29, 1.82) is 0 Å². The third-order valence-electron chi connectivity index (χ3n) is 2.06. The molecule has 0 saturated heterocycles. The average molecular weight is 315 g/mol. The Balaban J connectivity index is 3.05. The molecule has 0 aliphatic carbocycles. The van der Waals surface area contributed by atoms with Crippen LogP contribution in [-0.2, 0) is 19.2 Å². The molecular weight excluding hydrogens is 298 g/mol. The maximum atomic E-state index is 12.3. The van der Waals surface area contributed by atoms with Gasteiger partial charge in [0.1, 0.15) is 15.3 Å². The average Bonchev–Trinajstić information content (AvgIpc) is 2.35. The number of rotatable bonds is 2. The fourth-order valence-electron chi connectivity index (χ4n) is 1.21. The lowest BCUT2D eigenvalue weighted by Crippen LogP contribution is -2.22. The summed E-state index contributed by atoms with van der Waals surface area (Å²) in [5.41, 5.74) is -0.773. The van der Waals surface area contributed by atoms with Crippen LogP contribution in [0, 0.1) is 0 Å². The Morgan fingerprint density at radius 3 is 2.29 bits per heavy atom. The summed E-state index contributed by atoms with van der Waals surface area (Å²) in [4.78, 5) is 22.8. The minimum Gasteiger partial charge on any atom is -0.464 e. The maximum Gasteiger partial charge on any atom is 0.442 e. The van der Waals surface area contributed by atoms with Crippen molar-refractivity contribution < 1.29 is 23.3 Å². The highest BCUT2D eigenvalue weighted by Crippen LogP contribution is 2.12. The number of aromatic nitrogens is 2. The molecule has 1 atom stereocenters. The molecule has 1 heterocycles. The van der Waals surface area contributed by atoms with Gasteiger partial charge in [0, 0.05) is 6.26 Å². The molecule has 0 aliphatic rings. The zero-order valence-electron chi connectivity index (χ0n) is 12.4. The van der Waals surface area contributed by atoms with Crippen LogP contribution in [0.4, 0.5) is 4.79 Å². The summed E-state index contributed by atoms with van der Waals surface area (Å²) in [6.45, 7) is 5.01. The van der Waals surface area contributed by atoms with Crippen LogP contribution in [0.3, 0.4) is 0 Å². The first kappa shape index (κ1) is 17.0. The number of amides is 1. The summed E-state index contributed by atoms with van der Waals surface area (Å²) in [6.07, 6.45) is 0.285. The maximum absolute atomic E-state index is 12.3. The van der Waals surface area contributed by atoms with Gasteiger partial charge in [-0.05, 0) is 32.9 Å². The van der Waals surface area contributed by atoms with E-state index in [0.29, 0.717) is 0 Å². The SMILES string of the molecule is COC(=O)c1ccc(S(C)(=O)=NC(=O)OC(C)(C)C)nn1. The van der Waals surface area contributed by atoms with Gasteiger partial charge < -0.3 is 9.47 Å². The van der Waals surface area contributed by atoms with Crippen molar-refractivity contribution in [3.05, 3.63) is 17.8 Å². The van der Waals surface area contributed by atoms with Crippen LogP contribution in [0.15, 0.2) is 21.5 Å². The molecule has 0 saturated carbocycles. The Kier molecular flexibility index (Phi) is 5.00. The molecule has 0 fully saturated rings. The van der Waals surface area contributed by atoms with E-state index >= 15 is 0 Å². The Bertz CT molecular complexity index is 654. The summed E-state index contributed by atoms with van der Waals surface area (Å²) in [6, 6.07) is 2.59. The minimum absolute atomic E-state index is 0.0268. The van der Waals surface area contributed by atoms with E-state index in [4.69, 9.17) is 4.74 Å². The standard InChI is InChI=1S/C12H17N3O5S/c1-12(2,3)20-11(17)15-21(5,18)9-7-6-8(13-14-9)10(16)19-4/h6-7H,1-5H3. The van der Waals surface area contributed by atoms with Gasteiger partial charge in [-0.1, -0.05) is 0 Å². The van der Waals surface area contributed by atoms with E-state index in [9.17, 15) is 13.8 Å². The molecule has 1 aromatic rings. The summed E-state index contributed by atoms with van der Waals surface area (Å²) >= 11 is 0. The van der Waals surface area contributed by atoms with Crippen molar-refractivity contribution in [3.63, 3.8) is 0 Å². The van der Waals surface area contributed by atoms with Gasteiger partial charge in [-0.25, -0.2) is 13.8 Å². The predicted molar refractivity (Wildman–Crippen MR) is 74.4 cm³/mol. The second-order valence-corrected chi connectivity index (χ2v) is 7.33. The molecule has 0 aromatic carbocycles. The Morgan fingerprint density at radius 2 is 1.86 bits per heavy atom. The van der Waals surface area contributed by atoms with Gasteiger partial charge in [-0.3, -0.25) is 0 Å². The van der Waals surface area contributed by atoms with Gasteiger partial charge in [-0.15, -0.1) is 14.6 Å². The zero-order chi connectivity index (χ0) is 16.3. The zero-order valence-corrected chi connectivity index (χ0v) is 13.3. The highest BCUT2D eigenvalue weighted by molar-refractivity contribution is 7.93. The fraction of sp³-hybridized carbons (Fsp3) is 0.500. The van der Waals surface area contributed by atoms with Gasteiger partial charge in [0.15, 0.2) is 10.7 Å². The molecule has 1 unspecified atom stereocenters. The molecule has 0 spiro atoms. The summed E-state index contributed by atoms with van der Waals surface area (Å²) in [5, 5.41) is 7.20. The predicted octanol–water partition coefficient (Wildman–Crippen LogP) is 1.66. The van der Waals surface area contributed by atoms with Crippen LogP contribution >= 0.6 is 0 Å². The Labute approximate surface area is 123 Å². The molecule has 9 heteroatoms. The molecule has 0 N–H and O–H groups in total. The summed E-state index contributed by atoms with van der Waals surface area (Å²) in [5.74, 6) is -0.666. The molecule has 8 nitrogen and oxygen atoms in total. The molecule has 0 radical (unpaired) electrons. The number of hydrogen-bond acceptors (Lipinski definition) is 7. The van der Waals surface area contributed by atoms with Crippen LogP contribution in [-0.4, -0.2) is 45.4 Å². The van der Waals surface area contributed by atoms with Gasteiger partial charge in [0.25, 0.3) is 0 Å². The van der Waals surface area contributed by atoms with Crippen LogP contribution < -0.4 is 0 Å². The smallest absolute Gasteiger partial charge is 0.442 e. The van der Waals surface area contributed by atoms with Crippen LogP contribution in [0.5, 0.6) is 0 Å². The first-order valence-electron chi connectivity index (χ1n) is 5.92. The number of nitrogens with zero attached hydrogens (tertiary/aromatic N) is 3. The lowest BCUT2D eigenvalue weighted by atomic mass is 10.2. The van der Waals surface area contributed by atoms with Crippen molar-refractivity contribution >= 4 is 21.8 Å². The van der Waals surface area contributed by atoms with E-state index in [2.05, 4.69) is 19.3 Å². The van der Waals surface area contributed by atoms with Crippen molar-refractivity contribution in [2.24, 2.45) is 4.36 Å². The Hall–Kier alpha value is -2.03. The van der Waals surface area contributed by atoms with Gasteiger partial charge in [0.2, 0.25) is 0 Å². The molecule has 1 rings (SSSR count). The third-order valence-corrected chi connectivity index (χ3v) is 3.56. The van der Waals surface area contributed by atoms with Crippen LogP contribution in [0.1, 0.15) is 31.3 Å². The lowest BCUT2D eigenvalue weighted by Gasteiger charge is -2.17. The number of hydrogen-bond donors (Lipinski definition) is 0. The second-order valence-electron chi connectivity index (χ2n) is 5.12. The van der Waals surface area contributed by atoms with Gasteiger partial charge in [-0.2, -0.15) is 0 Å². The Morgan fingerprint density at radius 1 is 1.24 bits per heavy atom. The largest absolute Gasteiger partial charge is 0.464 e. The van der Waals surface area contributed by atoms with E-state index in [1.807, 2.05) is 0 Å². The normalized spacial score (nSPS) is 14.0. The molecule has 21 heavy (non-hydrogen) atoms. The quantitative estimate of drug-likeness (QED) is 0.763. The van der Waals surface area contributed by atoms with Gasteiger partial charge >= 0.3 is 12.1 Å². The molecule has 0 bridgehead atoms. The van der Waals surface area contributed by atoms with Crippen molar-refractivity contribution in [2.75, 3.05) is 13.4 Å². The lowest BCUT2D eigenvalue weighted by molar-refractivity contribution is 0.0586. The van der Waals surface area contributed by atoms with E-state index in [1.54, 1.807) is 20.8 Å². The highest BCUT2D eigenvalue weighted by atomic mass is 32.2. The number of methoxy groups -OCH3 is 1. The molecule has 0 aliphatic heterocycles. The first-order valence-corrected chi connectivity index (χ1v) is 7.85. The molecular formula is C12H17N3O5S. The highest BCUT2D eigenvalue weighted by Gasteiger charge is 2.19. The summed E-state index contributed by atoms with van der Waals surface area (Å²) in [7, 11) is -1.90. The van der Waals surface area contributed by atoms with E-state index in [0.717, 1.165) is 0 Å². The molecule has 1 aromatic heterocycles. The van der Waals surface area contributed by atoms with Crippen molar-refractivity contribution in [1.82, 2.24) is 10.2 Å². The minimum atomic E-state index is -3.11. The summed E-state index contributed by atoms with van der Waals surface area (Å²) < 4.78 is 25.3. The van der Waals surface area contributed by atoms with Crippen molar-refractivity contribution in [2.45, 2.75) is 31.4 Å². The van der Waals surface area contributed by atoms with Gasteiger partial charge in [0.05, 0.1) is 7.11 Å². The van der Waals surface area contributed by atoms with E-state index in [-0.39, 0.29) is 10.7 Å². The number of carbonyl (C=O) groups is 2. The number of ether oxygens (including phenoxy) is 2. The molecule has 116 valence electrons. The van der Waals surface area contributed by atoms with Crippen molar-refractivity contribution in [3.8, 4) is 0 Å². The first-order chi connectivity index (χ1) is 9.55. The number of esters is 1. The molecule has 1 amide bonds. The van der Waals surface area contributed by atoms with Crippen LogP contribution in [0.25, 0.3) is 0 Å².